The zero-order chi connectivity index (χ0) is 10.9. The lowest BCUT2D eigenvalue weighted by atomic mass is 10.2. The third-order valence-corrected chi connectivity index (χ3v) is 3.42. The molecule has 0 radical (unpaired) electrons. The first-order valence-electron chi connectivity index (χ1n) is 5.94. The summed E-state index contributed by atoms with van der Waals surface area (Å²) in [7, 11) is 0. The van der Waals surface area contributed by atoms with Crippen LogP contribution in [0, 0.1) is 6.92 Å². The van der Waals surface area contributed by atoms with Gasteiger partial charge in [-0.15, -0.1) is 11.3 Å². The van der Waals surface area contributed by atoms with Crippen LogP contribution in [0.1, 0.15) is 43.3 Å². The van der Waals surface area contributed by atoms with Crippen molar-refractivity contribution in [2.45, 2.75) is 46.0 Å². The molecule has 1 aromatic rings. The Labute approximate surface area is 97.1 Å². The summed E-state index contributed by atoms with van der Waals surface area (Å²) in [5.74, 6) is 0. The molecule has 1 N–H and O–H groups in total. The van der Waals surface area contributed by atoms with E-state index in [1.165, 1.54) is 30.7 Å². The van der Waals surface area contributed by atoms with Gasteiger partial charge in [-0.25, -0.2) is 4.98 Å². The Morgan fingerprint density at radius 3 is 2.80 bits per heavy atom. The molecule has 1 rings (SSSR count). The van der Waals surface area contributed by atoms with Crippen molar-refractivity contribution in [3.8, 4) is 0 Å². The standard InChI is InChI=1S/C12H22N2S/c1-3-4-5-6-8-13-9-7-12-14-11(2)10-15-12/h10,13H,3-9H2,1-2H3. The third kappa shape index (κ3) is 5.90. The number of aromatic nitrogens is 1. The molecule has 0 unspecified atom stereocenters. The highest BCUT2D eigenvalue weighted by Gasteiger charge is 1.97. The highest BCUT2D eigenvalue weighted by molar-refractivity contribution is 7.09. The fourth-order valence-corrected chi connectivity index (χ4v) is 2.29. The van der Waals surface area contributed by atoms with E-state index in [4.69, 9.17) is 0 Å². The van der Waals surface area contributed by atoms with Gasteiger partial charge in [0.2, 0.25) is 0 Å². The van der Waals surface area contributed by atoms with Gasteiger partial charge in [-0.3, -0.25) is 0 Å². The molecule has 0 aromatic carbocycles. The van der Waals surface area contributed by atoms with Gasteiger partial charge in [0.1, 0.15) is 0 Å². The number of rotatable bonds is 8. The zero-order valence-electron chi connectivity index (χ0n) is 9.88. The molecule has 0 aliphatic rings. The summed E-state index contributed by atoms with van der Waals surface area (Å²) in [5.41, 5.74) is 1.15. The normalized spacial score (nSPS) is 10.8. The summed E-state index contributed by atoms with van der Waals surface area (Å²) in [6, 6.07) is 0. The predicted molar refractivity (Wildman–Crippen MR) is 67.6 cm³/mol. The monoisotopic (exact) mass is 226 g/mol. The number of nitrogens with zero attached hydrogens (tertiary/aromatic N) is 1. The molecule has 0 saturated heterocycles. The molecular weight excluding hydrogens is 204 g/mol. The second kappa shape index (κ2) is 7.83. The number of aryl methyl sites for hydroxylation is 1. The van der Waals surface area contributed by atoms with E-state index in [2.05, 4.69) is 29.5 Å². The van der Waals surface area contributed by atoms with Crippen molar-refractivity contribution >= 4 is 11.3 Å². The summed E-state index contributed by atoms with van der Waals surface area (Å²) in [6.45, 7) is 6.53. The van der Waals surface area contributed by atoms with Crippen molar-refractivity contribution in [1.82, 2.24) is 10.3 Å². The molecule has 0 saturated carbocycles. The van der Waals surface area contributed by atoms with Crippen LogP contribution in [0.3, 0.4) is 0 Å². The Balaban J connectivity index is 1.93. The van der Waals surface area contributed by atoms with Crippen molar-refractivity contribution in [3.05, 3.63) is 16.1 Å². The van der Waals surface area contributed by atoms with E-state index in [0.29, 0.717) is 0 Å². The number of hydrogen-bond acceptors (Lipinski definition) is 3. The molecule has 0 bridgehead atoms. The maximum Gasteiger partial charge on any atom is 0.0940 e. The molecule has 1 heterocycles. The average Bonchev–Trinajstić information content (AvgIpc) is 2.63. The van der Waals surface area contributed by atoms with Crippen molar-refractivity contribution in [3.63, 3.8) is 0 Å². The SMILES string of the molecule is CCCCCCNCCc1nc(C)cs1. The first-order valence-corrected chi connectivity index (χ1v) is 6.82. The zero-order valence-corrected chi connectivity index (χ0v) is 10.7. The summed E-state index contributed by atoms with van der Waals surface area (Å²) < 4.78 is 0. The molecule has 1 aromatic heterocycles. The van der Waals surface area contributed by atoms with Crippen LogP contribution in [-0.4, -0.2) is 18.1 Å². The van der Waals surface area contributed by atoms with Gasteiger partial charge >= 0.3 is 0 Å². The largest absolute Gasteiger partial charge is 0.316 e. The van der Waals surface area contributed by atoms with Gasteiger partial charge in [0.05, 0.1) is 5.01 Å². The fraction of sp³-hybridized carbons (Fsp3) is 0.750. The van der Waals surface area contributed by atoms with E-state index in [1.54, 1.807) is 11.3 Å². The molecule has 86 valence electrons. The molecule has 0 fully saturated rings. The first-order chi connectivity index (χ1) is 7.33. The lowest BCUT2D eigenvalue weighted by molar-refractivity contribution is 0.598. The van der Waals surface area contributed by atoms with Crippen molar-refractivity contribution in [1.29, 1.82) is 0 Å². The molecule has 0 aliphatic heterocycles. The molecule has 2 nitrogen and oxygen atoms in total. The summed E-state index contributed by atoms with van der Waals surface area (Å²) in [5, 5.41) is 6.85. The highest BCUT2D eigenvalue weighted by Crippen LogP contribution is 2.08. The number of hydrogen-bond donors (Lipinski definition) is 1. The van der Waals surface area contributed by atoms with E-state index < -0.39 is 0 Å². The van der Waals surface area contributed by atoms with Gasteiger partial charge in [0.15, 0.2) is 0 Å². The van der Waals surface area contributed by atoms with Crippen LogP contribution in [0.15, 0.2) is 5.38 Å². The fourth-order valence-electron chi connectivity index (χ4n) is 1.51. The van der Waals surface area contributed by atoms with Gasteiger partial charge in [-0.2, -0.15) is 0 Å². The lowest BCUT2D eigenvalue weighted by Crippen LogP contribution is -2.18. The van der Waals surface area contributed by atoms with Crippen molar-refractivity contribution in [2.75, 3.05) is 13.1 Å². The van der Waals surface area contributed by atoms with Crippen molar-refractivity contribution < 1.29 is 0 Å². The van der Waals surface area contributed by atoms with Crippen LogP contribution < -0.4 is 5.32 Å². The number of nitrogens with one attached hydrogen (secondary N) is 1. The summed E-state index contributed by atoms with van der Waals surface area (Å²) in [6.07, 6.45) is 6.43. The first kappa shape index (κ1) is 12.7. The number of thiazole rings is 1. The van der Waals surface area contributed by atoms with Crippen molar-refractivity contribution in [2.24, 2.45) is 0 Å². The molecule has 0 aliphatic carbocycles. The molecular formula is C12H22N2S. The van der Waals surface area contributed by atoms with Crippen LogP contribution in [0.4, 0.5) is 0 Å². The van der Waals surface area contributed by atoms with Crippen LogP contribution in [0.5, 0.6) is 0 Å². The van der Waals surface area contributed by atoms with Gasteiger partial charge in [0, 0.05) is 24.0 Å². The van der Waals surface area contributed by atoms with Crippen LogP contribution in [0.2, 0.25) is 0 Å². The molecule has 0 spiro atoms. The van der Waals surface area contributed by atoms with E-state index in [-0.39, 0.29) is 0 Å². The predicted octanol–water partition coefficient (Wildman–Crippen LogP) is 3.16. The quantitative estimate of drug-likeness (QED) is 0.689. The Hall–Kier alpha value is -0.410. The van der Waals surface area contributed by atoms with Gasteiger partial charge in [-0.1, -0.05) is 26.2 Å². The average molecular weight is 226 g/mol. The third-order valence-electron chi connectivity index (χ3n) is 2.39. The second-order valence-corrected chi connectivity index (χ2v) is 4.89. The van der Waals surface area contributed by atoms with Crippen LogP contribution in [0.25, 0.3) is 0 Å². The molecule has 0 atom stereocenters. The lowest BCUT2D eigenvalue weighted by Gasteiger charge is -2.02. The van der Waals surface area contributed by atoms with Gasteiger partial charge in [0.25, 0.3) is 0 Å². The smallest absolute Gasteiger partial charge is 0.0940 e. The van der Waals surface area contributed by atoms with E-state index >= 15 is 0 Å². The summed E-state index contributed by atoms with van der Waals surface area (Å²) >= 11 is 1.77. The Kier molecular flexibility index (Phi) is 6.60. The Bertz CT molecular complexity index is 258. The Morgan fingerprint density at radius 1 is 1.27 bits per heavy atom. The minimum Gasteiger partial charge on any atom is -0.316 e. The van der Waals surface area contributed by atoms with Crippen LogP contribution >= 0.6 is 11.3 Å². The molecule has 15 heavy (non-hydrogen) atoms. The maximum atomic E-state index is 4.44. The summed E-state index contributed by atoms with van der Waals surface area (Å²) in [4.78, 5) is 4.44. The van der Waals surface area contributed by atoms with Gasteiger partial charge < -0.3 is 5.32 Å². The van der Waals surface area contributed by atoms with E-state index in [9.17, 15) is 0 Å². The molecule has 3 heteroatoms. The maximum absolute atomic E-state index is 4.44. The second-order valence-electron chi connectivity index (χ2n) is 3.94. The minimum absolute atomic E-state index is 1.07. The minimum atomic E-state index is 1.07. The van der Waals surface area contributed by atoms with E-state index in [1.807, 2.05) is 0 Å². The topological polar surface area (TPSA) is 24.9 Å². The van der Waals surface area contributed by atoms with Crippen LogP contribution in [-0.2, 0) is 6.42 Å². The Morgan fingerprint density at radius 2 is 2.13 bits per heavy atom. The van der Waals surface area contributed by atoms with Gasteiger partial charge in [-0.05, 0) is 19.9 Å². The molecule has 0 amide bonds. The van der Waals surface area contributed by atoms with E-state index in [0.717, 1.165) is 25.2 Å². The highest BCUT2D eigenvalue weighted by atomic mass is 32.1. The number of unbranched alkanes of at least 4 members (excludes halogenated alkanes) is 3.